The van der Waals surface area contributed by atoms with E-state index in [4.69, 9.17) is 11.6 Å². The van der Waals surface area contributed by atoms with Crippen molar-refractivity contribution >= 4 is 33.8 Å². The van der Waals surface area contributed by atoms with Gasteiger partial charge in [0.25, 0.3) is 0 Å². The number of aromatic nitrogens is 1. The van der Waals surface area contributed by atoms with Crippen LogP contribution in [0.25, 0.3) is 0 Å². The smallest absolute Gasteiger partial charge is 0.152 e. The molecule has 0 atom stereocenters. The van der Waals surface area contributed by atoms with Crippen LogP contribution in [-0.4, -0.2) is 11.3 Å². The fourth-order valence-corrected chi connectivity index (χ4v) is 0.998. The summed E-state index contributed by atoms with van der Waals surface area (Å²) in [5.41, 5.74) is 0.465. The van der Waals surface area contributed by atoms with Gasteiger partial charge in [-0.05, 0) is 22.0 Å². The topological polar surface area (TPSA) is 30.0 Å². The van der Waals surface area contributed by atoms with Gasteiger partial charge in [0.15, 0.2) is 6.29 Å². The number of aldehydes is 1. The minimum atomic E-state index is 0.463. The molecule has 0 bridgehead atoms. The van der Waals surface area contributed by atoms with Crippen LogP contribution >= 0.6 is 27.5 Å². The Labute approximate surface area is 85.1 Å². The molecule has 0 spiro atoms. The highest BCUT2D eigenvalue weighted by Crippen LogP contribution is 2.15. The molecule has 0 aliphatic rings. The molecule has 0 aliphatic heterocycles. The summed E-state index contributed by atoms with van der Waals surface area (Å²) < 4.78 is 0.520. The van der Waals surface area contributed by atoms with Gasteiger partial charge in [0.1, 0.15) is 4.60 Å². The maximum atomic E-state index is 10.3. The van der Waals surface area contributed by atoms with Crippen molar-refractivity contribution in [2.75, 3.05) is 0 Å². The largest absolute Gasteiger partial charge is 0.298 e. The minimum Gasteiger partial charge on any atom is -0.298 e. The summed E-state index contributed by atoms with van der Waals surface area (Å²) >= 11 is 8.64. The third-order valence-corrected chi connectivity index (χ3v) is 1.83. The van der Waals surface area contributed by atoms with Crippen molar-refractivity contribution in [3.05, 3.63) is 27.5 Å². The van der Waals surface area contributed by atoms with Gasteiger partial charge in [-0.3, -0.25) is 4.79 Å². The number of hydrogen-bond donors (Lipinski definition) is 0. The summed E-state index contributed by atoms with van der Waals surface area (Å²) in [5, 5.41) is 0.463. The molecule has 0 amide bonds. The Morgan fingerprint density at radius 1 is 1.58 bits per heavy atom. The lowest BCUT2D eigenvalue weighted by atomic mass is 10.3. The van der Waals surface area contributed by atoms with Crippen molar-refractivity contribution in [3.8, 4) is 0 Å². The van der Waals surface area contributed by atoms with Gasteiger partial charge >= 0.3 is 0 Å². The maximum Gasteiger partial charge on any atom is 0.152 e. The monoisotopic (exact) mass is 249 g/mol. The quantitative estimate of drug-likeness (QED) is 0.565. The standard InChI is InChI=1S/C6H3BrClNO.C2H6/c7-6-4(3-10)1-5(8)2-9-6;1-2/h1-3H;1-2H3. The van der Waals surface area contributed by atoms with Crippen LogP contribution < -0.4 is 0 Å². The van der Waals surface area contributed by atoms with E-state index in [1.807, 2.05) is 13.8 Å². The number of nitrogens with zero attached hydrogens (tertiary/aromatic N) is 1. The molecule has 1 heterocycles. The second kappa shape index (κ2) is 6.14. The predicted octanol–water partition coefficient (Wildman–Crippen LogP) is 3.34. The Hall–Kier alpha value is -0.410. The van der Waals surface area contributed by atoms with Gasteiger partial charge in [-0.15, -0.1) is 0 Å². The molecule has 0 aromatic carbocycles. The van der Waals surface area contributed by atoms with Crippen LogP contribution in [0.2, 0.25) is 5.02 Å². The summed E-state index contributed by atoms with van der Waals surface area (Å²) in [6.45, 7) is 4.00. The maximum absolute atomic E-state index is 10.3. The van der Waals surface area contributed by atoms with Crippen LogP contribution in [0.5, 0.6) is 0 Å². The summed E-state index contributed by atoms with van der Waals surface area (Å²) in [5.74, 6) is 0. The van der Waals surface area contributed by atoms with E-state index in [2.05, 4.69) is 20.9 Å². The van der Waals surface area contributed by atoms with Crippen molar-refractivity contribution in [1.82, 2.24) is 4.98 Å². The molecule has 66 valence electrons. The summed E-state index contributed by atoms with van der Waals surface area (Å²) in [7, 11) is 0. The Kier molecular flexibility index (Phi) is 5.93. The zero-order valence-electron chi connectivity index (χ0n) is 6.84. The van der Waals surface area contributed by atoms with Crippen LogP contribution in [0.1, 0.15) is 24.2 Å². The normalized spacial score (nSPS) is 8.33. The summed E-state index contributed by atoms with van der Waals surface area (Å²) in [6, 6.07) is 1.55. The molecule has 0 saturated heterocycles. The molecule has 4 heteroatoms. The van der Waals surface area contributed by atoms with Crippen molar-refractivity contribution in [2.24, 2.45) is 0 Å². The lowest BCUT2D eigenvalue weighted by Crippen LogP contribution is -1.84. The fourth-order valence-electron chi connectivity index (χ4n) is 0.521. The number of carbonyl (C=O) groups is 1. The zero-order valence-corrected chi connectivity index (χ0v) is 9.19. The van der Waals surface area contributed by atoms with Crippen molar-refractivity contribution in [1.29, 1.82) is 0 Å². The van der Waals surface area contributed by atoms with Crippen molar-refractivity contribution < 1.29 is 4.79 Å². The highest BCUT2D eigenvalue weighted by atomic mass is 79.9. The number of pyridine rings is 1. The first-order valence-corrected chi connectivity index (χ1v) is 4.67. The molecule has 1 aromatic heterocycles. The van der Waals surface area contributed by atoms with Gasteiger partial charge in [-0.1, -0.05) is 25.4 Å². The van der Waals surface area contributed by atoms with Crippen LogP contribution in [-0.2, 0) is 0 Å². The number of rotatable bonds is 1. The summed E-state index contributed by atoms with van der Waals surface area (Å²) in [4.78, 5) is 14.1. The summed E-state index contributed by atoms with van der Waals surface area (Å²) in [6.07, 6.45) is 2.17. The molecule has 12 heavy (non-hydrogen) atoms. The Bertz CT molecular complexity index is 265. The lowest BCUT2D eigenvalue weighted by molar-refractivity contribution is 0.112. The van der Waals surface area contributed by atoms with E-state index in [9.17, 15) is 4.79 Å². The van der Waals surface area contributed by atoms with Gasteiger partial charge in [0, 0.05) is 11.8 Å². The molecule has 0 saturated carbocycles. The first kappa shape index (κ1) is 11.6. The van der Waals surface area contributed by atoms with Crippen LogP contribution in [0.15, 0.2) is 16.9 Å². The first-order valence-electron chi connectivity index (χ1n) is 3.50. The van der Waals surface area contributed by atoms with E-state index in [-0.39, 0.29) is 0 Å². The van der Waals surface area contributed by atoms with E-state index >= 15 is 0 Å². The minimum absolute atomic E-state index is 0.463. The SMILES string of the molecule is CC.O=Cc1cc(Cl)cnc1Br. The molecule has 1 rings (SSSR count). The third-order valence-electron chi connectivity index (χ3n) is 0.960. The van der Waals surface area contributed by atoms with E-state index in [1.165, 1.54) is 6.20 Å². The van der Waals surface area contributed by atoms with Crippen molar-refractivity contribution in [3.63, 3.8) is 0 Å². The van der Waals surface area contributed by atoms with Crippen LogP contribution in [0, 0.1) is 0 Å². The fraction of sp³-hybridized carbons (Fsp3) is 0.250. The predicted molar refractivity (Wildman–Crippen MR) is 53.7 cm³/mol. The molecular weight excluding hydrogens is 241 g/mol. The van der Waals surface area contributed by atoms with Gasteiger partial charge in [-0.2, -0.15) is 0 Å². The van der Waals surface area contributed by atoms with Crippen molar-refractivity contribution in [2.45, 2.75) is 13.8 Å². The molecule has 0 aliphatic carbocycles. The average molecular weight is 251 g/mol. The van der Waals surface area contributed by atoms with E-state index in [0.29, 0.717) is 21.5 Å². The van der Waals surface area contributed by atoms with Crippen LogP contribution in [0.4, 0.5) is 0 Å². The van der Waals surface area contributed by atoms with Crippen LogP contribution in [0.3, 0.4) is 0 Å². The lowest BCUT2D eigenvalue weighted by Gasteiger charge is -1.93. The Morgan fingerprint density at radius 2 is 2.17 bits per heavy atom. The molecule has 0 fully saturated rings. The Balaban J connectivity index is 0.000000561. The van der Waals surface area contributed by atoms with E-state index in [1.54, 1.807) is 6.07 Å². The number of halogens is 2. The van der Waals surface area contributed by atoms with Gasteiger partial charge in [0.2, 0.25) is 0 Å². The highest BCUT2D eigenvalue weighted by Gasteiger charge is 1.98. The van der Waals surface area contributed by atoms with E-state index in [0.717, 1.165) is 0 Å². The first-order chi connectivity index (χ1) is 5.74. The highest BCUT2D eigenvalue weighted by molar-refractivity contribution is 9.10. The van der Waals surface area contributed by atoms with E-state index < -0.39 is 0 Å². The average Bonchev–Trinajstić information content (AvgIpc) is 2.13. The van der Waals surface area contributed by atoms with Gasteiger partial charge in [-0.25, -0.2) is 4.98 Å². The molecule has 1 aromatic rings. The molecule has 0 N–H and O–H groups in total. The molecule has 0 unspecified atom stereocenters. The molecule has 2 nitrogen and oxygen atoms in total. The molecule has 0 radical (unpaired) electrons. The third kappa shape index (κ3) is 3.32. The number of hydrogen-bond acceptors (Lipinski definition) is 2. The second-order valence-corrected chi connectivity index (χ2v) is 2.84. The van der Waals surface area contributed by atoms with Gasteiger partial charge in [0.05, 0.1) is 5.02 Å². The Morgan fingerprint density at radius 3 is 2.58 bits per heavy atom. The number of carbonyl (C=O) groups excluding carboxylic acids is 1. The second-order valence-electron chi connectivity index (χ2n) is 1.65. The van der Waals surface area contributed by atoms with Gasteiger partial charge < -0.3 is 0 Å². The molecular formula is C8H9BrClNO. The zero-order chi connectivity index (χ0) is 9.56.